The summed E-state index contributed by atoms with van der Waals surface area (Å²) in [6, 6.07) is 0. The van der Waals surface area contributed by atoms with E-state index < -0.39 is 0 Å². The Bertz CT molecular complexity index is 13.2. The number of hydrogen-bond acceptors (Lipinski definition) is 0. The molecule has 0 N–H and O–H groups in total. The summed E-state index contributed by atoms with van der Waals surface area (Å²) in [6.07, 6.45) is 0. The third-order valence-electron chi connectivity index (χ3n) is 0. The van der Waals surface area contributed by atoms with Crippen molar-refractivity contribution >= 4 is 276 Å². The van der Waals surface area contributed by atoms with Gasteiger partial charge in [0.2, 0.25) is 0 Å². The maximum Gasteiger partial charge on any atom is 0 e. The van der Waals surface area contributed by atoms with E-state index in [1.807, 2.05) is 0 Å². The van der Waals surface area contributed by atoms with Gasteiger partial charge in [0, 0.05) is 68.3 Å². The Morgan fingerprint density at radius 1 is 0.214 bits per heavy atom. The Labute approximate surface area is 269 Å². The van der Waals surface area contributed by atoms with Crippen molar-refractivity contribution in [2.75, 3.05) is 0 Å². The van der Waals surface area contributed by atoms with Gasteiger partial charge in [0.1, 0.15) is 0 Å². The second kappa shape index (κ2) is 122. The Morgan fingerprint density at radius 3 is 0.214 bits per heavy atom. The monoisotopic (exact) mass is 1330 g/mol. The van der Waals surface area contributed by atoms with E-state index in [4.69, 9.17) is 0 Å². The van der Waals surface area contributed by atoms with E-state index in [2.05, 4.69) is 0 Å². The minimum absolute atomic E-state index is 0. The topological polar surface area (TPSA) is 0 Å². The summed E-state index contributed by atoms with van der Waals surface area (Å²) < 4.78 is 0. The molecule has 0 nitrogen and oxygen atoms in total. The van der Waals surface area contributed by atoms with Crippen LogP contribution in [0, 0.1) is 0 Å². The van der Waals surface area contributed by atoms with Crippen LogP contribution in [0.25, 0.3) is 0 Å². The molecule has 0 aliphatic carbocycles. The van der Waals surface area contributed by atoms with E-state index in [1.54, 1.807) is 0 Å². The molecule has 0 amide bonds. The summed E-state index contributed by atoms with van der Waals surface area (Å²) in [5, 5.41) is 0. The van der Waals surface area contributed by atoms with Gasteiger partial charge in [-0.1, -0.05) is 0 Å². The fraction of sp³-hybridized carbons (Fsp3) is 0. The zero-order valence-electron chi connectivity index (χ0n) is 6.37. The summed E-state index contributed by atoms with van der Waals surface area (Å²) in [7, 11) is 0. The van der Waals surface area contributed by atoms with Gasteiger partial charge in [0.25, 0.3) is 0 Å². The second-order valence-electron chi connectivity index (χ2n) is 0. The van der Waals surface area contributed by atoms with Crippen LogP contribution in [-0.4, -0.2) is 276 Å². The van der Waals surface area contributed by atoms with Crippen molar-refractivity contribution in [2.24, 2.45) is 0 Å². The molecule has 14 heteroatoms. The third-order valence-corrected chi connectivity index (χ3v) is 0. The molecule has 0 aromatic heterocycles. The molecule has 0 aliphatic rings. The molecule has 0 bridgehead atoms. The van der Waals surface area contributed by atoms with Gasteiger partial charge in [-0.05, 0) is 0 Å². The molecular weight excluding hydrogens is 1320 g/mol. The van der Waals surface area contributed by atoms with Crippen LogP contribution >= 0.6 is 0 Å². The standard InChI is InChI=1S/5Sb.5HSe.4Se.5H/h;;;;;5*1H;;;;;;;;;. The molecule has 0 heterocycles. The molecule has 0 aromatic carbocycles. The molecule has 89 valence electrons. The van der Waals surface area contributed by atoms with Crippen molar-refractivity contribution < 1.29 is 0 Å². The van der Waals surface area contributed by atoms with Gasteiger partial charge in [-0.15, -0.1) is 0 Å². The van der Waals surface area contributed by atoms with Crippen LogP contribution in [-0.2, 0) is 0 Å². The summed E-state index contributed by atoms with van der Waals surface area (Å²) in [6.45, 7) is 0. The predicted molar refractivity (Wildman–Crippen MR) is 94.5 cm³/mol. The minimum atomic E-state index is 0. The van der Waals surface area contributed by atoms with Crippen LogP contribution < -0.4 is 0 Å². The zero-order chi connectivity index (χ0) is 0. The van der Waals surface area contributed by atoms with Gasteiger partial charge >= 0.3 is 207 Å². The van der Waals surface area contributed by atoms with Gasteiger partial charge in [0.15, 0.2) is 0 Å². The van der Waals surface area contributed by atoms with Crippen molar-refractivity contribution in [2.45, 2.75) is 0 Å². The molecule has 0 saturated heterocycles. The van der Waals surface area contributed by atoms with Crippen molar-refractivity contribution in [3.05, 3.63) is 0 Å². The fourth-order valence-corrected chi connectivity index (χ4v) is 0. The van der Waals surface area contributed by atoms with E-state index in [1.165, 1.54) is 0 Å². The first kappa shape index (κ1) is 140. The normalized spacial score (nSPS) is 0. The quantitative estimate of drug-likeness (QED) is 0.212. The molecule has 0 aliphatic heterocycles. The average molecular weight is 1330 g/mol. The van der Waals surface area contributed by atoms with Crippen molar-refractivity contribution in [1.82, 2.24) is 0 Å². The van der Waals surface area contributed by atoms with Crippen molar-refractivity contribution in [3.63, 3.8) is 0 Å². The summed E-state index contributed by atoms with van der Waals surface area (Å²) >= 11 is 0. The van der Waals surface area contributed by atoms with Crippen LogP contribution in [0.4, 0.5) is 0 Å². The summed E-state index contributed by atoms with van der Waals surface area (Å²) in [5.74, 6) is 0. The molecule has 0 rings (SSSR count). The first-order chi connectivity index (χ1) is 0. The van der Waals surface area contributed by atoms with E-state index in [0.29, 0.717) is 0 Å². The van der Waals surface area contributed by atoms with Gasteiger partial charge in [-0.3, -0.25) is 0 Å². The average Bonchev–Trinajstić information content (AvgIpc) is 0. The molecule has 0 atom stereocenters. The number of hydrogen-bond donors (Lipinski definition) is 0. The largest absolute Gasteiger partial charge is 0 e. The predicted octanol–water partition coefficient (Wildman–Crippen LogP) is -8.01. The van der Waals surface area contributed by atoms with Gasteiger partial charge < -0.3 is 0 Å². The SMILES string of the molecule is [SbH].[SbH].[SbH].[SbH].[SbH].[SeH].[SeH].[SeH].[SeH].[SeH].[Se].[Se].[Se].[Se]. The van der Waals surface area contributed by atoms with E-state index >= 15 is 0 Å². The molecule has 0 aromatic rings. The van der Waals surface area contributed by atoms with Crippen molar-refractivity contribution in [1.29, 1.82) is 0 Å². The maximum absolute atomic E-state index is 0. The fourth-order valence-electron chi connectivity index (χ4n) is 0. The zero-order valence-corrected chi connectivity index (χ0v) is 36.9. The summed E-state index contributed by atoms with van der Waals surface area (Å²) in [5.41, 5.74) is 0. The van der Waals surface area contributed by atoms with Crippen LogP contribution in [0.3, 0.4) is 0 Å². The molecular formula is H10Sb5Se9. The maximum atomic E-state index is 0. The smallest absolute Gasteiger partial charge is 0 e. The Morgan fingerprint density at radius 2 is 0.214 bits per heavy atom. The van der Waals surface area contributed by atoms with E-state index in [-0.39, 0.29) is 276 Å². The Kier molecular flexibility index (Phi) is 1220. The summed E-state index contributed by atoms with van der Waals surface area (Å²) in [4.78, 5) is 0. The first-order valence-corrected chi connectivity index (χ1v) is 0. The van der Waals surface area contributed by atoms with Gasteiger partial charge in [-0.25, -0.2) is 0 Å². The van der Waals surface area contributed by atoms with Crippen LogP contribution in [0.2, 0.25) is 0 Å². The second-order valence-corrected chi connectivity index (χ2v) is 0. The van der Waals surface area contributed by atoms with Crippen LogP contribution in [0.5, 0.6) is 0 Å². The Balaban J connectivity index is 0. The molecule has 0 unspecified atom stereocenters. The Hall–Kier alpha value is 8.77. The first-order valence-electron chi connectivity index (χ1n) is 0. The van der Waals surface area contributed by atoms with Crippen LogP contribution in [0.1, 0.15) is 0 Å². The van der Waals surface area contributed by atoms with Crippen molar-refractivity contribution in [3.8, 4) is 0 Å². The van der Waals surface area contributed by atoms with Gasteiger partial charge in [0.05, 0.1) is 0 Å². The molecule has 0 fully saturated rings. The molecule has 23 radical (unpaired) electrons. The number of rotatable bonds is 0. The molecule has 14 heavy (non-hydrogen) atoms. The van der Waals surface area contributed by atoms with Crippen LogP contribution in [0.15, 0.2) is 0 Å². The molecule has 0 saturated carbocycles. The third kappa shape index (κ3) is 106. The van der Waals surface area contributed by atoms with E-state index in [9.17, 15) is 0 Å². The van der Waals surface area contributed by atoms with Gasteiger partial charge in [-0.2, -0.15) is 0 Å². The molecule has 0 spiro atoms. The minimum Gasteiger partial charge on any atom is 0 e. The van der Waals surface area contributed by atoms with E-state index in [0.717, 1.165) is 0 Å².